The Morgan fingerprint density at radius 2 is 1.86 bits per heavy atom. The number of carbonyl (C=O) groups is 1. The van der Waals surface area contributed by atoms with Crippen LogP contribution in [0.15, 0.2) is 0 Å². The number of nitrogens with two attached hydrogens (primary N) is 1. The van der Waals surface area contributed by atoms with Crippen LogP contribution in [-0.2, 0) is 4.79 Å². The quantitative estimate of drug-likeness (QED) is 0.597. The zero-order chi connectivity index (χ0) is 10.4. The molecule has 0 spiro atoms. The lowest BCUT2D eigenvalue weighted by molar-refractivity contribution is -0.119. The molecule has 0 aromatic rings. The van der Waals surface area contributed by atoms with Gasteiger partial charge < -0.3 is 5.73 Å². The van der Waals surface area contributed by atoms with Crippen LogP contribution in [0.5, 0.6) is 0 Å². The van der Waals surface area contributed by atoms with Gasteiger partial charge in [0.25, 0.3) is 0 Å². The Labute approximate surface area is 87.2 Å². The van der Waals surface area contributed by atoms with Crippen molar-refractivity contribution in [3.05, 3.63) is 0 Å². The monoisotopic (exact) mass is 197 g/mol. The highest BCUT2D eigenvalue weighted by Gasteiger charge is 2.40. The molecule has 0 bridgehead atoms. The Morgan fingerprint density at radius 3 is 2.43 bits per heavy atom. The van der Waals surface area contributed by atoms with Gasteiger partial charge in [-0.2, -0.15) is 0 Å². The Balaban J connectivity index is 1.84. The minimum absolute atomic E-state index is 0.0824. The highest BCUT2D eigenvalue weighted by atomic mass is 16.1. The number of hydrogen-bond acceptors (Lipinski definition) is 1. The summed E-state index contributed by atoms with van der Waals surface area (Å²) in [5, 5.41) is 0. The van der Waals surface area contributed by atoms with Crippen LogP contribution in [0.2, 0.25) is 0 Å². The lowest BCUT2D eigenvalue weighted by Gasteiger charge is -1.99. The number of primary amides is 1. The average Bonchev–Trinajstić information content (AvgIpc) is 2.90. The first-order chi connectivity index (χ1) is 6.75. The lowest BCUT2D eigenvalue weighted by atomic mass is 10.1. The van der Waals surface area contributed by atoms with Crippen molar-refractivity contribution < 1.29 is 4.79 Å². The van der Waals surface area contributed by atoms with E-state index >= 15 is 0 Å². The minimum atomic E-state index is -0.0824. The van der Waals surface area contributed by atoms with Crippen molar-refractivity contribution in [2.75, 3.05) is 0 Å². The van der Waals surface area contributed by atoms with Crippen molar-refractivity contribution >= 4 is 5.91 Å². The van der Waals surface area contributed by atoms with Crippen LogP contribution in [0.4, 0.5) is 0 Å². The maximum Gasteiger partial charge on any atom is 0.220 e. The minimum Gasteiger partial charge on any atom is -0.369 e. The molecule has 1 fully saturated rings. The molecule has 1 aliphatic carbocycles. The van der Waals surface area contributed by atoms with Crippen molar-refractivity contribution in [2.45, 2.75) is 58.3 Å². The van der Waals surface area contributed by atoms with Crippen LogP contribution in [0.3, 0.4) is 0 Å². The van der Waals surface area contributed by atoms with Crippen LogP contribution in [0.25, 0.3) is 0 Å². The van der Waals surface area contributed by atoms with Gasteiger partial charge in [0, 0.05) is 5.92 Å². The first-order valence-electron chi connectivity index (χ1n) is 6.05. The second-order valence-electron chi connectivity index (χ2n) is 4.56. The molecule has 0 heterocycles. The van der Waals surface area contributed by atoms with Gasteiger partial charge in [-0.05, 0) is 18.8 Å². The molecule has 2 heteroatoms. The fraction of sp³-hybridized carbons (Fsp3) is 0.917. The van der Waals surface area contributed by atoms with Gasteiger partial charge in [-0.15, -0.1) is 0 Å². The summed E-state index contributed by atoms with van der Waals surface area (Å²) >= 11 is 0. The maximum atomic E-state index is 10.8. The molecular weight excluding hydrogens is 174 g/mol. The van der Waals surface area contributed by atoms with Gasteiger partial charge in [-0.25, -0.2) is 0 Å². The van der Waals surface area contributed by atoms with Crippen LogP contribution < -0.4 is 5.73 Å². The summed E-state index contributed by atoms with van der Waals surface area (Å²) in [6, 6.07) is 0. The lowest BCUT2D eigenvalue weighted by Crippen LogP contribution is -2.13. The molecule has 2 N–H and O–H groups in total. The Morgan fingerprint density at radius 1 is 1.21 bits per heavy atom. The molecule has 1 saturated carbocycles. The second kappa shape index (κ2) is 6.05. The van der Waals surface area contributed by atoms with Crippen LogP contribution >= 0.6 is 0 Å². The van der Waals surface area contributed by atoms with Gasteiger partial charge in [0.2, 0.25) is 5.91 Å². The van der Waals surface area contributed by atoms with Crippen molar-refractivity contribution in [1.82, 2.24) is 0 Å². The zero-order valence-electron chi connectivity index (χ0n) is 9.30. The van der Waals surface area contributed by atoms with Crippen LogP contribution in [0, 0.1) is 11.8 Å². The van der Waals surface area contributed by atoms with Crippen molar-refractivity contribution in [3.8, 4) is 0 Å². The molecule has 0 unspecified atom stereocenters. The molecule has 0 aromatic heterocycles. The third kappa shape index (κ3) is 4.12. The average molecular weight is 197 g/mol. The van der Waals surface area contributed by atoms with E-state index in [1.165, 1.54) is 44.9 Å². The van der Waals surface area contributed by atoms with Gasteiger partial charge in [-0.1, -0.05) is 45.4 Å². The van der Waals surface area contributed by atoms with Crippen LogP contribution in [0.1, 0.15) is 58.3 Å². The topological polar surface area (TPSA) is 43.1 Å². The molecule has 0 aliphatic heterocycles. The van der Waals surface area contributed by atoms with Gasteiger partial charge in [0.1, 0.15) is 0 Å². The molecule has 14 heavy (non-hydrogen) atoms. The fourth-order valence-electron chi connectivity index (χ4n) is 2.10. The van der Waals surface area contributed by atoms with E-state index in [1.807, 2.05) is 0 Å². The number of amides is 1. The Hall–Kier alpha value is -0.530. The van der Waals surface area contributed by atoms with Crippen molar-refractivity contribution in [2.24, 2.45) is 17.6 Å². The summed E-state index contributed by atoms with van der Waals surface area (Å²) < 4.78 is 0. The first kappa shape index (κ1) is 11.5. The maximum absolute atomic E-state index is 10.8. The zero-order valence-corrected chi connectivity index (χ0v) is 9.30. The van der Waals surface area contributed by atoms with Crippen LogP contribution in [-0.4, -0.2) is 5.91 Å². The van der Waals surface area contributed by atoms with Gasteiger partial charge in [0.15, 0.2) is 0 Å². The van der Waals surface area contributed by atoms with Gasteiger partial charge >= 0.3 is 0 Å². The molecule has 0 aromatic carbocycles. The highest BCUT2D eigenvalue weighted by molar-refractivity contribution is 5.79. The summed E-state index contributed by atoms with van der Waals surface area (Å²) in [7, 11) is 0. The summed E-state index contributed by atoms with van der Waals surface area (Å²) in [5.41, 5.74) is 5.22. The van der Waals surface area contributed by atoms with E-state index in [-0.39, 0.29) is 11.8 Å². The molecule has 0 radical (unpaired) electrons. The van der Waals surface area contributed by atoms with E-state index in [9.17, 15) is 4.79 Å². The Bertz CT molecular complexity index is 179. The molecule has 2 atom stereocenters. The standard InChI is InChI=1S/C12H23NO/c1-2-3-4-5-6-7-8-10-9-11(10)12(13)14/h10-11H,2-9H2,1H3,(H2,13,14)/t10-,11+/m1/s1. The third-order valence-corrected chi connectivity index (χ3v) is 3.22. The number of unbranched alkanes of at least 4 members (excludes halogenated alkanes) is 5. The normalized spacial score (nSPS) is 24.9. The second-order valence-corrected chi connectivity index (χ2v) is 4.56. The van der Waals surface area contributed by atoms with Gasteiger partial charge in [0.05, 0.1) is 0 Å². The smallest absolute Gasteiger partial charge is 0.220 e. The van der Waals surface area contributed by atoms with E-state index in [1.54, 1.807) is 0 Å². The van der Waals surface area contributed by atoms with Crippen molar-refractivity contribution in [3.63, 3.8) is 0 Å². The fourth-order valence-corrected chi connectivity index (χ4v) is 2.10. The SMILES string of the molecule is CCCCCCCC[C@@H]1C[C@@H]1C(N)=O. The number of rotatable bonds is 8. The first-order valence-corrected chi connectivity index (χ1v) is 6.05. The third-order valence-electron chi connectivity index (χ3n) is 3.22. The summed E-state index contributed by atoms with van der Waals surface area (Å²) in [5.74, 6) is 0.783. The summed E-state index contributed by atoms with van der Waals surface area (Å²) in [4.78, 5) is 10.8. The molecule has 1 aliphatic rings. The number of hydrogen-bond donors (Lipinski definition) is 1. The molecule has 1 amide bonds. The predicted octanol–water partition coefficient (Wildman–Crippen LogP) is 2.86. The highest BCUT2D eigenvalue weighted by Crippen LogP contribution is 2.41. The largest absolute Gasteiger partial charge is 0.369 e. The molecule has 82 valence electrons. The molecule has 0 saturated heterocycles. The Kier molecular flexibility index (Phi) is 4.99. The van der Waals surface area contributed by atoms with E-state index < -0.39 is 0 Å². The molecule has 1 rings (SSSR count). The number of carbonyl (C=O) groups excluding carboxylic acids is 1. The van der Waals surface area contributed by atoms with Gasteiger partial charge in [-0.3, -0.25) is 4.79 Å². The van der Waals surface area contributed by atoms with E-state index in [4.69, 9.17) is 5.73 Å². The molecule has 2 nitrogen and oxygen atoms in total. The van der Waals surface area contributed by atoms with Crippen molar-refractivity contribution in [1.29, 1.82) is 0 Å². The summed E-state index contributed by atoms with van der Waals surface area (Å²) in [6.45, 7) is 2.24. The van der Waals surface area contributed by atoms with E-state index in [2.05, 4.69) is 6.92 Å². The van der Waals surface area contributed by atoms with E-state index in [0.717, 1.165) is 6.42 Å². The predicted molar refractivity (Wildman–Crippen MR) is 58.8 cm³/mol. The molecular formula is C12H23NO. The summed E-state index contributed by atoms with van der Waals surface area (Å²) in [6.07, 6.45) is 10.3. The van der Waals surface area contributed by atoms with E-state index in [0.29, 0.717) is 5.92 Å².